The summed E-state index contributed by atoms with van der Waals surface area (Å²) in [6.45, 7) is 7.12. The molecule has 0 aliphatic carbocycles. The zero-order chi connectivity index (χ0) is 22.1. The molecule has 1 aliphatic heterocycles. The van der Waals surface area contributed by atoms with Gasteiger partial charge in [0, 0.05) is 27.9 Å². The number of halogens is 2. The van der Waals surface area contributed by atoms with Crippen LogP contribution >= 0.6 is 35.4 Å². The summed E-state index contributed by atoms with van der Waals surface area (Å²) in [6.07, 6.45) is 0. The number of nitrogens with zero attached hydrogens (tertiary/aromatic N) is 3. The van der Waals surface area contributed by atoms with Crippen molar-refractivity contribution in [3.8, 4) is 11.4 Å². The van der Waals surface area contributed by atoms with Crippen LogP contribution in [0.15, 0.2) is 58.8 Å². The van der Waals surface area contributed by atoms with Gasteiger partial charge in [0.1, 0.15) is 0 Å². The number of thiocarbonyl (C=S) groups is 1. The Morgan fingerprint density at radius 3 is 2.52 bits per heavy atom. The summed E-state index contributed by atoms with van der Waals surface area (Å²) >= 11 is 18.1. The van der Waals surface area contributed by atoms with Gasteiger partial charge in [-0.25, -0.2) is 0 Å². The van der Waals surface area contributed by atoms with Gasteiger partial charge in [0.2, 0.25) is 5.82 Å². The zero-order valence-corrected chi connectivity index (χ0v) is 19.7. The third kappa shape index (κ3) is 4.61. The fourth-order valence-electron chi connectivity index (χ4n) is 3.66. The minimum absolute atomic E-state index is 0.262. The van der Waals surface area contributed by atoms with Gasteiger partial charge in [0.15, 0.2) is 5.11 Å². The number of nitrogens with one attached hydrogen (secondary N) is 1. The first-order chi connectivity index (χ1) is 14.8. The van der Waals surface area contributed by atoms with Crippen LogP contribution in [0.1, 0.15) is 38.3 Å². The number of rotatable bonds is 5. The van der Waals surface area contributed by atoms with Crippen molar-refractivity contribution in [2.45, 2.75) is 26.8 Å². The summed E-state index contributed by atoms with van der Waals surface area (Å²) in [5.41, 5.74) is 3.61. The van der Waals surface area contributed by atoms with E-state index in [1.807, 2.05) is 55.5 Å². The average Bonchev–Trinajstić information content (AvgIpc) is 3.20. The molecule has 0 bridgehead atoms. The standard InChI is InChI=1S/C23H22Cl2N4OS/c1-13(2)12-29-14(3)19(20(26-23(29)31)15-6-4-8-17(24)10-15)22-27-21(28-30-22)16-7-5-9-18(25)11-16/h4-11,13,20H,12H2,1-3H3,(H,26,31). The van der Waals surface area contributed by atoms with Crippen LogP contribution in [0.4, 0.5) is 0 Å². The Morgan fingerprint density at radius 2 is 1.84 bits per heavy atom. The first-order valence-corrected chi connectivity index (χ1v) is 11.1. The quantitative estimate of drug-likeness (QED) is 0.435. The third-order valence-corrected chi connectivity index (χ3v) is 5.87. The van der Waals surface area contributed by atoms with Crippen molar-refractivity contribution in [3.63, 3.8) is 0 Å². The molecule has 3 aromatic rings. The maximum Gasteiger partial charge on any atom is 0.258 e. The highest BCUT2D eigenvalue weighted by Gasteiger charge is 2.34. The Kier molecular flexibility index (Phi) is 6.32. The normalized spacial score (nSPS) is 16.8. The molecule has 0 spiro atoms. The Morgan fingerprint density at radius 1 is 1.13 bits per heavy atom. The number of hydrogen-bond donors (Lipinski definition) is 1. The molecule has 1 unspecified atom stereocenters. The summed E-state index contributed by atoms with van der Waals surface area (Å²) in [5, 5.41) is 9.57. The van der Waals surface area contributed by atoms with E-state index < -0.39 is 0 Å². The van der Waals surface area contributed by atoms with Crippen LogP contribution < -0.4 is 5.32 Å². The molecular formula is C23H22Cl2N4OS. The molecular weight excluding hydrogens is 451 g/mol. The molecule has 0 radical (unpaired) electrons. The topological polar surface area (TPSA) is 54.2 Å². The molecule has 0 saturated carbocycles. The van der Waals surface area contributed by atoms with Gasteiger partial charge in [0.25, 0.3) is 5.89 Å². The van der Waals surface area contributed by atoms with E-state index in [1.165, 1.54) is 0 Å². The summed E-state index contributed by atoms with van der Waals surface area (Å²) in [5.74, 6) is 1.33. The van der Waals surface area contributed by atoms with Crippen molar-refractivity contribution in [3.05, 3.63) is 75.7 Å². The van der Waals surface area contributed by atoms with Gasteiger partial charge in [-0.1, -0.05) is 66.5 Å². The zero-order valence-electron chi connectivity index (χ0n) is 17.4. The first kappa shape index (κ1) is 21.8. The van der Waals surface area contributed by atoms with Gasteiger partial charge in [-0.3, -0.25) is 0 Å². The van der Waals surface area contributed by atoms with E-state index in [-0.39, 0.29) is 6.04 Å². The van der Waals surface area contributed by atoms with Crippen molar-refractivity contribution in [2.75, 3.05) is 6.54 Å². The van der Waals surface area contributed by atoms with Crippen LogP contribution in [0.3, 0.4) is 0 Å². The smallest absolute Gasteiger partial charge is 0.258 e. The van der Waals surface area contributed by atoms with Gasteiger partial charge in [0.05, 0.1) is 11.6 Å². The van der Waals surface area contributed by atoms with Crippen molar-refractivity contribution < 1.29 is 4.52 Å². The van der Waals surface area contributed by atoms with Crippen LogP contribution in [-0.4, -0.2) is 26.7 Å². The Balaban J connectivity index is 1.83. The lowest BCUT2D eigenvalue weighted by atomic mass is 9.94. The highest BCUT2D eigenvalue weighted by atomic mass is 35.5. The molecule has 1 atom stereocenters. The molecule has 2 heterocycles. The molecule has 0 saturated heterocycles. The van der Waals surface area contributed by atoms with E-state index >= 15 is 0 Å². The van der Waals surface area contributed by atoms with Gasteiger partial charge in [-0.05, 0) is 54.9 Å². The second-order valence-electron chi connectivity index (χ2n) is 7.87. The molecule has 1 aliphatic rings. The lowest BCUT2D eigenvalue weighted by molar-refractivity contribution is 0.386. The van der Waals surface area contributed by atoms with Gasteiger partial charge >= 0.3 is 0 Å². The second kappa shape index (κ2) is 8.99. The number of allylic oxidation sites excluding steroid dienone is 1. The third-order valence-electron chi connectivity index (χ3n) is 5.07. The van der Waals surface area contributed by atoms with E-state index in [4.69, 9.17) is 44.9 Å². The van der Waals surface area contributed by atoms with Crippen molar-refractivity contribution >= 4 is 46.1 Å². The predicted molar refractivity (Wildman–Crippen MR) is 129 cm³/mol. The lowest BCUT2D eigenvalue weighted by Gasteiger charge is -2.38. The Labute approximate surface area is 197 Å². The van der Waals surface area contributed by atoms with Gasteiger partial charge in [-0.15, -0.1) is 0 Å². The molecule has 0 fully saturated rings. The maximum atomic E-state index is 6.28. The van der Waals surface area contributed by atoms with E-state index in [0.717, 1.165) is 28.9 Å². The lowest BCUT2D eigenvalue weighted by Crippen LogP contribution is -2.47. The number of benzene rings is 2. The summed E-state index contributed by atoms with van der Waals surface area (Å²) in [7, 11) is 0. The summed E-state index contributed by atoms with van der Waals surface area (Å²) < 4.78 is 5.73. The minimum Gasteiger partial charge on any atom is -0.351 e. The molecule has 4 rings (SSSR count). The fourth-order valence-corrected chi connectivity index (χ4v) is 4.38. The van der Waals surface area contributed by atoms with Gasteiger partial charge < -0.3 is 14.7 Å². The summed E-state index contributed by atoms with van der Waals surface area (Å²) in [6, 6.07) is 14.8. The van der Waals surface area contributed by atoms with Crippen LogP contribution in [0.5, 0.6) is 0 Å². The second-order valence-corrected chi connectivity index (χ2v) is 9.13. The summed E-state index contributed by atoms with van der Waals surface area (Å²) in [4.78, 5) is 6.78. The van der Waals surface area contributed by atoms with Crippen molar-refractivity contribution in [1.29, 1.82) is 0 Å². The van der Waals surface area contributed by atoms with E-state index in [2.05, 4.69) is 29.2 Å². The van der Waals surface area contributed by atoms with Gasteiger partial charge in [-0.2, -0.15) is 4.98 Å². The Hall–Kier alpha value is -2.41. The highest BCUT2D eigenvalue weighted by Crippen LogP contribution is 2.38. The largest absolute Gasteiger partial charge is 0.351 e. The first-order valence-electron chi connectivity index (χ1n) is 9.97. The average molecular weight is 473 g/mol. The van der Waals surface area contributed by atoms with Crippen molar-refractivity contribution in [2.24, 2.45) is 5.92 Å². The Bertz CT molecular complexity index is 1160. The monoisotopic (exact) mass is 472 g/mol. The fraction of sp³-hybridized carbons (Fsp3) is 0.261. The van der Waals surface area contributed by atoms with Crippen LogP contribution in [-0.2, 0) is 0 Å². The predicted octanol–water partition coefficient (Wildman–Crippen LogP) is 6.36. The van der Waals surface area contributed by atoms with Crippen LogP contribution in [0.25, 0.3) is 17.0 Å². The number of aromatic nitrogens is 2. The molecule has 8 heteroatoms. The van der Waals surface area contributed by atoms with E-state index in [9.17, 15) is 0 Å². The SMILES string of the molecule is CC1=C(c2nc(-c3cccc(Cl)c3)no2)C(c2cccc(Cl)c2)NC(=S)N1CC(C)C. The molecule has 0 amide bonds. The van der Waals surface area contributed by atoms with Crippen LogP contribution in [0.2, 0.25) is 10.0 Å². The molecule has 5 nitrogen and oxygen atoms in total. The maximum absolute atomic E-state index is 6.28. The highest BCUT2D eigenvalue weighted by molar-refractivity contribution is 7.80. The number of hydrogen-bond acceptors (Lipinski definition) is 4. The molecule has 160 valence electrons. The molecule has 31 heavy (non-hydrogen) atoms. The van der Waals surface area contributed by atoms with Crippen molar-refractivity contribution in [1.82, 2.24) is 20.4 Å². The van der Waals surface area contributed by atoms with E-state index in [1.54, 1.807) is 0 Å². The molecule has 1 N–H and O–H groups in total. The minimum atomic E-state index is -0.262. The molecule has 1 aromatic heterocycles. The van der Waals surface area contributed by atoms with E-state index in [0.29, 0.717) is 32.8 Å². The van der Waals surface area contributed by atoms with Crippen LogP contribution in [0, 0.1) is 5.92 Å². The molecule has 2 aromatic carbocycles.